The standard InChI is InChI=1S/C23H20F3N7O3S3/c1-12(2)38(34)13-5-6-17(28-11-13)15-9-14(39(35,36)32-22(27-3)7-8-22)10-16-18(31-33(4)19(15)16)20-29-30-21(37-20)23(24,25)26/h5-6,9-12,32H,7-8H2,1-2,4H3. The predicted molar refractivity (Wildman–Crippen MR) is 138 cm³/mol. The van der Waals surface area contributed by atoms with Crippen LogP contribution in [0.2, 0.25) is 0 Å². The smallest absolute Gasteiger partial charge is 0.292 e. The Morgan fingerprint density at radius 2 is 1.95 bits per heavy atom. The summed E-state index contributed by atoms with van der Waals surface area (Å²) in [5.41, 5.74) is -0.153. The summed E-state index contributed by atoms with van der Waals surface area (Å²) in [6, 6.07) is 5.88. The first-order valence-corrected chi connectivity index (χ1v) is 15.0. The average molecular weight is 596 g/mol. The van der Waals surface area contributed by atoms with Crippen LogP contribution in [0, 0.1) is 6.57 Å². The molecule has 5 rings (SSSR count). The molecule has 0 spiro atoms. The van der Waals surface area contributed by atoms with Gasteiger partial charge in [-0.3, -0.25) is 18.7 Å². The minimum absolute atomic E-state index is 0.0163. The van der Waals surface area contributed by atoms with Crippen LogP contribution in [0.1, 0.15) is 31.7 Å². The summed E-state index contributed by atoms with van der Waals surface area (Å²) in [5, 5.41) is 10.0. The van der Waals surface area contributed by atoms with E-state index in [9.17, 15) is 25.8 Å². The second-order valence-electron chi connectivity index (χ2n) is 9.22. The van der Waals surface area contributed by atoms with Gasteiger partial charge in [0.15, 0.2) is 5.01 Å². The van der Waals surface area contributed by atoms with E-state index in [1.165, 1.54) is 23.0 Å². The van der Waals surface area contributed by atoms with Gasteiger partial charge in [-0.05, 0) is 24.3 Å². The van der Waals surface area contributed by atoms with Crippen molar-refractivity contribution in [2.75, 3.05) is 0 Å². The van der Waals surface area contributed by atoms with E-state index in [2.05, 4.69) is 29.8 Å². The van der Waals surface area contributed by atoms with Crippen LogP contribution in [0.3, 0.4) is 0 Å². The summed E-state index contributed by atoms with van der Waals surface area (Å²) in [7, 11) is -3.96. The molecule has 16 heteroatoms. The Morgan fingerprint density at radius 3 is 2.49 bits per heavy atom. The Kier molecular flexibility index (Phi) is 6.61. The second kappa shape index (κ2) is 9.44. The first-order chi connectivity index (χ1) is 18.2. The van der Waals surface area contributed by atoms with Crippen LogP contribution >= 0.6 is 11.3 Å². The number of nitrogens with zero attached hydrogens (tertiary/aromatic N) is 6. The summed E-state index contributed by atoms with van der Waals surface area (Å²) >= 11 is 0.290. The number of aromatic nitrogens is 5. The van der Waals surface area contributed by atoms with Gasteiger partial charge in [0.2, 0.25) is 15.0 Å². The lowest BCUT2D eigenvalue weighted by Crippen LogP contribution is -2.34. The molecule has 0 aliphatic heterocycles. The van der Waals surface area contributed by atoms with E-state index < -0.39 is 37.7 Å². The van der Waals surface area contributed by atoms with Gasteiger partial charge in [0.25, 0.3) is 5.66 Å². The molecule has 1 saturated carbocycles. The third-order valence-electron chi connectivity index (χ3n) is 6.03. The third kappa shape index (κ3) is 5.07. The van der Waals surface area contributed by atoms with Crippen LogP contribution < -0.4 is 4.72 Å². The van der Waals surface area contributed by atoms with Crippen molar-refractivity contribution in [1.29, 1.82) is 0 Å². The normalized spacial score (nSPS) is 15.9. The Labute approximate surface area is 227 Å². The van der Waals surface area contributed by atoms with Gasteiger partial charge in [0, 0.05) is 29.4 Å². The van der Waals surface area contributed by atoms with Crippen molar-refractivity contribution in [3.05, 3.63) is 46.9 Å². The van der Waals surface area contributed by atoms with E-state index in [1.54, 1.807) is 33.0 Å². The fraction of sp³-hybridized carbons (Fsp3) is 0.348. The molecule has 1 aromatic carbocycles. The molecule has 1 N–H and O–H groups in total. The first kappa shape index (κ1) is 27.3. The maximum atomic E-state index is 13.4. The lowest BCUT2D eigenvalue weighted by Gasteiger charge is -2.12. The van der Waals surface area contributed by atoms with Crippen molar-refractivity contribution in [2.45, 2.75) is 53.6 Å². The zero-order chi connectivity index (χ0) is 28.3. The largest absolute Gasteiger partial charge is 0.445 e. The Bertz CT molecular complexity index is 1770. The summed E-state index contributed by atoms with van der Waals surface area (Å²) in [4.78, 5) is 8.09. The number of alkyl halides is 3. The SMILES string of the molecule is [C-]#[N+]C1(NS(=O)(=O)c2cc(-c3ccc(S(=O)C(C)C)cn3)c3c(c2)c(-c2nnc(C(F)(F)F)s2)nn3C)CC1. The van der Waals surface area contributed by atoms with E-state index >= 15 is 0 Å². The van der Waals surface area contributed by atoms with Gasteiger partial charge in [0.05, 0.1) is 44.6 Å². The van der Waals surface area contributed by atoms with Crippen molar-refractivity contribution in [1.82, 2.24) is 29.7 Å². The Morgan fingerprint density at radius 1 is 1.23 bits per heavy atom. The van der Waals surface area contributed by atoms with Crippen LogP contribution in [0.15, 0.2) is 40.3 Å². The second-order valence-corrected chi connectivity index (χ2v) is 13.9. The molecule has 1 atom stereocenters. The minimum Gasteiger partial charge on any atom is -0.292 e. The van der Waals surface area contributed by atoms with Crippen LogP contribution in [-0.4, -0.2) is 48.5 Å². The van der Waals surface area contributed by atoms with Crippen LogP contribution in [0.5, 0.6) is 0 Å². The van der Waals surface area contributed by atoms with Crippen LogP contribution in [-0.2, 0) is 34.0 Å². The maximum absolute atomic E-state index is 13.4. The van der Waals surface area contributed by atoms with Crippen molar-refractivity contribution in [2.24, 2.45) is 7.05 Å². The van der Waals surface area contributed by atoms with E-state index in [0.29, 0.717) is 45.8 Å². The number of hydrogen-bond donors (Lipinski definition) is 1. The van der Waals surface area contributed by atoms with Crippen LogP contribution in [0.4, 0.5) is 13.2 Å². The third-order valence-corrected chi connectivity index (χ3v) is 10.1. The highest BCUT2D eigenvalue weighted by molar-refractivity contribution is 7.89. The average Bonchev–Trinajstić information content (AvgIpc) is 3.30. The number of fused-ring (bicyclic) bond motifs is 1. The van der Waals surface area contributed by atoms with Crippen molar-refractivity contribution in [3.8, 4) is 22.0 Å². The van der Waals surface area contributed by atoms with Crippen molar-refractivity contribution < 1.29 is 25.8 Å². The zero-order valence-electron chi connectivity index (χ0n) is 20.6. The number of halogens is 3. The fourth-order valence-corrected chi connectivity index (χ4v) is 6.95. The highest BCUT2D eigenvalue weighted by Gasteiger charge is 2.54. The quantitative estimate of drug-likeness (QED) is 0.315. The summed E-state index contributed by atoms with van der Waals surface area (Å²) in [6.45, 7) is 11.0. The highest BCUT2D eigenvalue weighted by Crippen LogP contribution is 2.41. The lowest BCUT2D eigenvalue weighted by atomic mass is 10.1. The number of hydrogen-bond acceptors (Lipinski definition) is 8. The predicted octanol–water partition coefficient (Wildman–Crippen LogP) is 4.38. The Hall–Kier alpha value is -3.26. The van der Waals surface area contributed by atoms with Gasteiger partial charge >= 0.3 is 6.18 Å². The molecule has 3 aromatic heterocycles. The van der Waals surface area contributed by atoms with Gasteiger partial charge < -0.3 is 0 Å². The summed E-state index contributed by atoms with van der Waals surface area (Å²) < 4.78 is 82.7. The number of benzene rings is 1. The van der Waals surface area contributed by atoms with Crippen molar-refractivity contribution in [3.63, 3.8) is 0 Å². The fourth-order valence-electron chi connectivity index (χ4n) is 3.93. The molecule has 4 aromatic rings. The summed E-state index contributed by atoms with van der Waals surface area (Å²) in [6.07, 6.45) is -2.54. The number of pyridine rings is 1. The molecule has 10 nitrogen and oxygen atoms in total. The van der Waals surface area contributed by atoms with E-state index in [1.807, 2.05) is 0 Å². The van der Waals surface area contributed by atoms with Gasteiger partial charge in [-0.15, -0.1) is 14.9 Å². The zero-order valence-corrected chi connectivity index (χ0v) is 23.1. The van der Waals surface area contributed by atoms with Crippen molar-refractivity contribution >= 4 is 43.1 Å². The van der Waals surface area contributed by atoms with Gasteiger partial charge in [0.1, 0.15) is 5.69 Å². The van der Waals surface area contributed by atoms with Crippen LogP contribution in [0.25, 0.3) is 37.7 Å². The number of rotatable bonds is 7. The molecule has 3 heterocycles. The number of nitrogens with one attached hydrogen (secondary N) is 1. The van der Waals surface area contributed by atoms with E-state index in [-0.39, 0.29) is 26.2 Å². The topological polar surface area (TPSA) is 124 Å². The molecule has 0 amide bonds. The number of aryl methyl sites for hydroxylation is 1. The molecule has 0 bridgehead atoms. The monoisotopic (exact) mass is 595 g/mol. The molecule has 1 aliphatic rings. The minimum atomic E-state index is -4.70. The number of sulfonamides is 1. The van der Waals surface area contributed by atoms with Gasteiger partial charge in [-0.25, -0.2) is 15.0 Å². The molecule has 0 radical (unpaired) electrons. The van der Waals surface area contributed by atoms with Gasteiger partial charge in [-0.2, -0.15) is 18.3 Å². The van der Waals surface area contributed by atoms with E-state index in [0.717, 1.165) is 0 Å². The summed E-state index contributed by atoms with van der Waals surface area (Å²) in [5.74, 6) is 0. The maximum Gasteiger partial charge on any atom is 0.445 e. The first-order valence-electron chi connectivity index (χ1n) is 11.5. The molecule has 1 fully saturated rings. The Balaban J connectivity index is 1.73. The lowest BCUT2D eigenvalue weighted by molar-refractivity contribution is -0.138. The van der Waals surface area contributed by atoms with Gasteiger partial charge in [-0.1, -0.05) is 25.2 Å². The molecule has 1 aliphatic carbocycles. The molecule has 39 heavy (non-hydrogen) atoms. The molecular formula is C23H20F3N7O3S3. The molecule has 1 unspecified atom stereocenters. The highest BCUT2D eigenvalue weighted by atomic mass is 32.2. The molecular weight excluding hydrogens is 575 g/mol. The van der Waals surface area contributed by atoms with E-state index in [4.69, 9.17) is 6.57 Å². The molecule has 204 valence electrons. The molecule has 0 saturated heterocycles.